The molecule has 0 atom stereocenters. The Bertz CT molecular complexity index is 668. The zero-order valence-corrected chi connectivity index (χ0v) is 16.9. The molecule has 0 bridgehead atoms. The maximum atomic E-state index is 12.9. The van der Waals surface area contributed by atoms with E-state index in [1.54, 1.807) is 16.4 Å². The van der Waals surface area contributed by atoms with Gasteiger partial charge in [0.25, 0.3) is 0 Å². The number of aliphatic hydroxyl groups is 1. The molecule has 1 N–H and O–H groups in total. The Morgan fingerprint density at radius 1 is 1.12 bits per heavy atom. The zero-order valence-electron chi connectivity index (χ0n) is 16.1. The molecular formula is C19H32N2O3S. The standard InChI is InChI=1S/C19H32N2O3S/c1-18(2,3)16-6-8-17(9-7-16)25(23,24)21-12-10-19(15-22,11-13-21)14-20(4)5/h6-9,22H,10-15H2,1-5H3. The van der Waals surface area contributed by atoms with E-state index in [-0.39, 0.29) is 17.4 Å². The molecule has 1 saturated heterocycles. The molecule has 5 nitrogen and oxygen atoms in total. The Balaban J connectivity index is 2.14. The van der Waals surface area contributed by atoms with Gasteiger partial charge in [-0.15, -0.1) is 0 Å². The molecule has 1 aliphatic rings. The molecule has 0 spiro atoms. The number of aliphatic hydroxyl groups excluding tert-OH is 1. The van der Waals surface area contributed by atoms with Gasteiger partial charge in [-0.2, -0.15) is 4.31 Å². The van der Waals surface area contributed by atoms with Crippen molar-refractivity contribution in [3.63, 3.8) is 0 Å². The van der Waals surface area contributed by atoms with Crippen molar-refractivity contribution in [1.29, 1.82) is 0 Å². The number of rotatable bonds is 5. The SMILES string of the molecule is CN(C)CC1(CO)CCN(S(=O)(=O)c2ccc(C(C)(C)C)cc2)CC1. The average molecular weight is 369 g/mol. The van der Waals surface area contributed by atoms with E-state index in [1.807, 2.05) is 26.2 Å². The molecule has 1 heterocycles. The zero-order chi connectivity index (χ0) is 18.9. The summed E-state index contributed by atoms with van der Waals surface area (Å²) in [5, 5.41) is 9.81. The third-order valence-electron chi connectivity index (χ3n) is 5.13. The maximum absolute atomic E-state index is 12.9. The predicted octanol–water partition coefficient (Wildman–Crippen LogP) is 2.31. The van der Waals surface area contributed by atoms with E-state index >= 15 is 0 Å². The molecule has 1 fully saturated rings. The van der Waals surface area contributed by atoms with Crippen LogP contribution in [-0.4, -0.2) is 63.1 Å². The third-order valence-corrected chi connectivity index (χ3v) is 7.04. The van der Waals surface area contributed by atoms with Crippen molar-refractivity contribution in [3.05, 3.63) is 29.8 Å². The first-order chi connectivity index (χ1) is 11.5. The topological polar surface area (TPSA) is 60.9 Å². The minimum absolute atomic E-state index is 0.000322. The number of sulfonamides is 1. The number of hydrogen-bond acceptors (Lipinski definition) is 4. The van der Waals surface area contributed by atoms with Crippen molar-refractivity contribution in [2.24, 2.45) is 5.41 Å². The van der Waals surface area contributed by atoms with Gasteiger partial charge in [0.05, 0.1) is 11.5 Å². The first kappa shape index (κ1) is 20.4. The molecule has 2 rings (SSSR count). The highest BCUT2D eigenvalue weighted by molar-refractivity contribution is 7.89. The monoisotopic (exact) mass is 368 g/mol. The van der Waals surface area contributed by atoms with Gasteiger partial charge in [-0.05, 0) is 50.0 Å². The Kier molecular flexibility index (Phi) is 5.99. The molecule has 0 amide bonds. The highest BCUT2D eigenvalue weighted by atomic mass is 32.2. The van der Waals surface area contributed by atoms with Crippen LogP contribution >= 0.6 is 0 Å². The number of hydrogen-bond donors (Lipinski definition) is 1. The largest absolute Gasteiger partial charge is 0.396 e. The summed E-state index contributed by atoms with van der Waals surface area (Å²) in [6.45, 7) is 8.12. The first-order valence-electron chi connectivity index (χ1n) is 8.86. The van der Waals surface area contributed by atoms with Gasteiger partial charge in [-0.1, -0.05) is 32.9 Å². The second-order valence-electron chi connectivity index (χ2n) is 8.57. The minimum atomic E-state index is -3.47. The summed E-state index contributed by atoms with van der Waals surface area (Å²) in [5.41, 5.74) is 0.918. The van der Waals surface area contributed by atoms with Gasteiger partial charge >= 0.3 is 0 Å². The number of benzene rings is 1. The fraction of sp³-hybridized carbons (Fsp3) is 0.684. The molecule has 0 radical (unpaired) electrons. The van der Waals surface area contributed by atoms with Gasteiger partial charge in [0.15, 0.2) is 0 Å². The highest BCUT2D eigenvalue weighted by Crippen LogP contribution is 2.34. The summed E-state index contributed by atoms with van der Waals surface area (Å²) in [6.07, 6.45) is 1.36. The molecule has 0 unspecified atom stereocenters. The van der Waals surface area contributed by atoms with E-state index in [4.69, 9.17) is 0 Å². The summed E-state index contributed by atoms with van der Waals surface area (Å²) in [6, 6.07) is 7.23. The van der Waals surface area contributed by atoms with Crippen LogP contribution in [0.5, 0.6) is 0 Å². The van der Waals surface area contributed by atoms with E-state index in [2.05, 4.69) is 25.7 Å². The van der Waals surface area contributed by atoms with Crippen LogP contribution in [0, 0.1) is 5.41 Å². The predicted molar refractivity (Wildman–Crippen MR) is 101 cm³/mol. The second kappa shape index (κ2) is 7.35. The summed E-state index contributed by atoms with van der Waals surface area (Å²) in [5.74, 6) is 0. The molecule has 1 aromatic rings. The normalized spacial score (nSPS) is 19.3. The number of nitrogens with zero attached hydrogens (tertiary/aromatic N) is 2. The Morgan fingerprint density at radius 3 is 2.04 bits per heavy atom. The van der Waals surface area contributed by atoms with Gasteiger partial charge in [-0.3, -0.25) is 0 Å². The molecular weight excluding hydrogens is 336 g/mol. The lowest BCUT2D eigenvalue weighted by Crippen LogP contribution is -2.48. The van der Waals surface area contributed by atoms with Gasteiger partial charge in [-0.25, -0.2) is 8.42 Å². The van der Waals surface area contributed by atoms with Gasteiger partial charge in [0.1, 0.15) is 0 Å². The molecule has 25 heavy (non-hydrogen) atoms. The summed E-state index contributed by atoms with van der Waals surface area (Å²) >= 11 is 0. The van der Waals surface area contributed by atoms with Crippen LogP contribution in [0.15, 0.2) is 29.2 Å². The second-order valence-corrected chi connectivity index (χ2v) is 10.5. The molecule has 0 saturated carbocycles. The minimum Gasteiger partial charge on any atom is -0.396 e. The molecule has 1 aliphatic heterocycles. The quantitative estimate of drug-likeness (QED) is 0.866. The van der Waals surface area contributed by atoms with Crippen LogP contribution in [0.2, 0.25) is 0 Å². The smallest absolute Gasteiger partial charge is 0.243 e. The molecule has 0 aromatic heterocycles. The van der Waals surface area contributed by atoms with Gasteiger partial charge in [0.2, 0.25) is 10.0 Å². The van der Waals surface area contributed by atoms with Crippen molar-refractivity contribution in [2.45, 2.75) is 43.9 Å². The Hall–Kier alpha value is -0.950. The van der Waals surface area contributed by atoms with E-state index in [1.165, 1.54) is 0 Å². The maximum Gasteiger partial charge on any atom is 0.243 e. The first-order valence-corrected chi connectivity index (χ1v) is 10.3. The summed E-state index contributed by atoms with van der Waals surface area (Å²) in [4.78, 5) is 2.41. The lowest BCUT2D eigenvalue weighted by atomic mass is 9.79. The lowest BCUT2D eigenvalue weighted by molar-refractivity contribution is 0.0442. The van der Waals surface area contributed by atoms with E-state index in [0.29, 0.717) is 30.8 Å². The van der Waals surface area contributed by atoms with Crippen molar-refractivity contribution in [2.75, 3.05) is 40.3 Å². The van der Waals surface area contributed by atoms with Crippen LogP contribution in [0.4, 0.5) is 0 Å². The van der Waals surface area contributed by atoms with Gasteiger partial charge in [0, 0.05) is 25.0 Å². The van der Waals surface area contributed by atoms with Crippen LogP contribution < -0.4 is 0 Å². The van der Waals surface area contributed by atoms with E-state index in [0.717, 1.165) is 12.1 Å². The number of piperidine rings is 1. The summed E-state index contributed by atoms with van der Waals surface area (Å²) in [7, 11) is 0.494. The molecule has 1 aromatic carbocycles. The highest BCUT2D eigenvalue weighted by Gasteiger charge is 2.38. The van der Waals surface area contributed by atoms with Crippen LogP contribution in [0.25, 0.3) is 0 Å². The Labute approximate surface area is 152 Å². The average Bonchev–Trinajstić information content (AvgIpc) is 2.54. The van der Waals surface area contributed by atoms with Crippen molar-refractivity contribution >= 4 is 10.0 Å². The Morgan fingerprint density at radius 2 is 1.64 bits per heavy atom. The third kappa shape index (κ3) is 4.61. The van der Waals surface area contributed by atoms with Crippen LogP contribution in [0.3, 0.4) is 0 Å². The fourth-order valence-corrected chi connectivity index (χ4v) is 4.96. The van der Waals surface area contributed by atoms with Crippen molar-refractivity contribution in [3.8, 4) is 0 Å². The lowest BCUT2D eigenvalue weighted by Gasteiger charge is -2.41. The fourth-order valence-electron chi connectivity index (χ4n) is 3.51. The van der Waals surface area contributed by atoms with Gasteiger partial charge < -0.3 is 10.0 Å². The van der Waals surface area contributed by atoms with E-state index < -0.39 is 10.0 Å². The van der Waals surface area contributed by atoms with E-state index in [9.17, 15) is 13.5 Å². The van der Waals surface area contributed by atoms with Crippen LogP contribution in [-0.2, 0) is 15.4 Å². The van der Waals surface area contributed by atoms with Crippen LogP contribution in [0.1, 0.15) is 39.2 Å². The summed E-state index contributed by atoms with van der Waals surface area (Å²) < 4.78 is 27.4. The molecule has 0 aliphatic carbocycles. The van der Waals surface area contributed by atoms with Crippen molar-refractivity contribution in [1.82, 2.24) is 9.21 Å². The molecule has 6 heteroatoms. The van der Waals surface area contributed by atoms with Crippen molar-refractivity contribution < 1.29 is 13.5 Å². The molecule has 142 valence electrons.